The van der Waals surface area contributed by atoms with Crippen molar-refractivity contribution in [3.8, 4) is 0 Å². The molecule has 6 aromatic rings. The second-order valence-corrected chi connectivity index (χ2v) is 7.73. The standard InChI is InChI=1S/C24H14N6O3/c25-22(32)15-7-4-10-1-2-12-9-14-21(31)13-6-3-11-5-8-16(23(26)33)28-18(11)20(13)30-24(14)29-19(12)17(10)27-15/h1-9H,(H2,25,32)(H2,26,33)(H,29,30,31). The molecule has 2 amide bonds. The maximum absolute atomic E-state index is 13.3. The molecule has 33 heavy (non-hydrogen) atoms. The Labute approximate surface area is 184 Å². The summed E-state index contributed by atoms with van der Waals surface area (Å²) >= 11 is 0. The number of benzene rings is 2. The van der Waals surface area contributed by atoms with Crippen molar-refractivity contribution >= 4 is 66.5 Å². The number of nitrogens with one attached hydrogen (secondary N) is 1. The zero-order chi connectivity index (χ0) is 22.9. The quantitative estimate of drug-likeness (QED) is 0.281. The van der Waals surface area contributed by atoms with Gasteiger partial charge in [-0.1, -0.05) is 30.3 Å². The summed E-state index contributed by atoms with van der Waals surface area (Å²) in [4.78, 5) is 53.3. The Morgan fingerprint density at radius 1 is 0.667 bits per heavy atom. The maximum atomic E-state index is 13.3. The highest BCUT2D eigenvalue weighted by molar-refractivity contribution is 6.11. The minimum atomic E-state index is -0.663. The van der Waals surface area contributed by atoms with E-state index in [1.165, 1.54) is 6.07 Å². The van der Waals surface area contributed by atoms with Crippen LogP contribution in [0.5, 0.6) is 0 Å². The Hall–Kier alpha value is -4.92. The minimum absolute atomic E-state index is 0.0941. The number of amides is 2. The molecule has 0 unspecified atom stereocenters. The summed E-state index contributed by atoms with van der Waals surface area (Å²) in [6.07, 6.45) is 0. The first kappa shape index (κ1) is 18.8. The average Bonchev–Trinajstić information content (AvgIpc) is 2.82. The Balaban J connectivity index is 1.76. The van der Waals surface area contributed by atoms with Crippen LogP contribution in [0.25, 0.3) is 54.6 Å². The molecule has 4 heterocycles. The van der Waals surface area contributed by atoms with E-state index < -0.39 is 11.8 Å². The van der Waals surface area contributed by atoms with E-state index in [1.807, 2.05) is 12.1 Å². The van der Waals surface area contributed by atoms with Crippen LogP contribution in [-0.4, -0.2) is 31.8 Å². The van der Waals surface area contributed by atoms with Crippen LogP contribution < -0.4 is 16.9 Å². The molecule has 0 radical (unpaired) electrons. The maximum Gasteiger partial charge on any atom is 0.267 e. The van der Waals surface area contributed by atoms with Gasteiger partial charge < -0.3 is 16.5 Å². The highest BCUT2D eigenvalue weighted by atomic mass is 16.1. The van der Waals surface area contributed by atoms with Crippen molar-refractivity contribution in [3.05, 3.63) is 76.2 Å². The van der Waals surface area contributed by atoms with Crippen molar-refractivity contribution in [3.63, 3.8) is 0 Å². The normalized spacial score (nSPS) is 11.6. The number of H-pyrrole nitrogens is 1. The molecule has 158 valence electrons. The molecular weight excluding hydrogens is 420 g/mol. The topological polar surface area (TPSA) is 158 Å². The van der Waals surface area contributed by atoms with Gasteiger partial charge in [-0.05, 0) is 24.3 Å². The zero-order valence-corrected chi connectivity index (χ0v) is 16.9. The third kappa shape index (κ3) is 2.72. The number of carbonyl (C=O) groups is 2. The average molecular weight is 434 g/mol. The number of aromatic nitrogens is 4. The molecular formula is C24H14N6O3. The molecule has 0 bridgehead atoms. The zero-order valence-electron chi connectivity index (χ0n) is 16.9. The number of aromatic amines is 1. The van der Waals surface area contributed by atoms with Crippen LogP contribution in [0.4, 0.5) is 0 Å². The lowest BCUT2D eigenvalue weighted by Gasteiger charge is -2.09. The monoisotopic (exact) mass is 434 g/mol. The van der Waals surface area contributed by atoms with Gasteiger partial charge in [-0.25, -0.2) is 15.0 Å². The first-order chi connectivity index (χ1) is 15.9. The van der Waals surface area contributed by atoms with Crippen LogP contribution in [0, 0.1) is 0 Å². The number of pyridine rings is 4. The Bertz CT molecular complexity index is 1900. The van der Waals surface area contributed by atoms with Gasteiger partial charge in [0.15, 0.2) is 5.43 Å². The predicted molar refractivity (Wildman–Crippen MR) is 125 cm³/mol. The Morgan fingerprint density at radius 3 is 1.91 bits per heavy atom. The number of hydrogen-bond donors (Lipinski definition) is 3. The van der Waals surface area contributed by atoms with E-state index in [9.17, 15) is 14.4 Å². The van der Waals surface area contributed by atoms with Gasteiger partial charge in [-0.3, -0.25) is 14.4 Å². The number of nitrogens with zero attached hydrogens (tertiary/aromatic N) is 3. The summed E-state index contributed by atoms with van der Waals surface area (Å²) in [5, 5.41) is 3.03. The summed E-state index contributed by atoms with van der Waals surface area (Å²) in [7, 11) is 0. The lowest BCUT2D eigenvalue weighted by molar-refractivity contribution is 0.0987. The van der Waals surface area contributed by atoms with Gasteiger partial charge in [0.1, 0.15) is 17.0 Å². The number of carbonyl (C=O) groups excluding carboxylic acids is 2. The molecule has 0 fully saturated rings. The molecule has 2 aromatic carbocycles. The molecule has 0 aliphatic heterocycles. The molecule has 0 spiro atoms. The van der Waals surface area contributed by atoms with Gasteiger partial charge in [0, 0.05) is 21.5 Å². The van der Waals surface area contributed by atoms with E-state index in [1.54, 1.807) is 36.4 Å². The van der Waals surface area contributed by atoms with Crippen LogP contribution in [0.3, 0.4) is 0 Å². The summed E-state index contributed by atoms with van der Waals surface area (Å²) in [5.74, 6) is -1.30. The van der Waals surface area contributed by atoms with Crippen LogP contribution in [0.15, 0.2) is 59.4 Å². The van der Waals surface area contributed by atoms with Crippen LogP contribution >= 0.6 is 0 Å². The van der Waals surface area contributed by atoms with E-state index in [0.717, 1.165) is 10.8 Å². The molecule has 9 heteroatoms. The van der Waals surface area contributed by atoms with Gasteiger partial charge in [0.25, 0.3) is 11.8 Å². The molecule has 6 rings (SSSR count). The van der Waals surface area contributed by atoms with E-state index in [2.05, 4.69) is 15.0 Å². The molecule has 4 aromatic heterocycles. The fraction of sp³-hybridized carbons (Fsp3) is 0. The van der Waals surface area contributed by atoms with Gasteiger partial charge in [-0.2, -0.15) is 0 Å². The molecule has 0 aliphatic rings. The third-order valence-electron chi connectivity index (χ3n) is 5.74. The van der Waals surface area contributed by atoms with E-state index in [4.69, 9.17) is 16.5 Å². The lowest BCUT2D eigenvalue weighted by atomic mass is 10.1. The number of rotatable bonds is 2. The Morgan fingerprint density at radius 2 is 1.21 bits per heavy atom. The van der Waals surface area contributed by atoms with Crippen molar-refractivity contribution in [1.29, 1.82) is 0 Å². The second kappa shape index (κ2) is 6.54. The highest BCUT2D eigenvalue weighted by Crippen LogP contribution is 2.27. The summed E-state index contributed by atoms with van der Waals surface area (Å²) in [6, 6.07) is 15.5. The van der Waals surface area contributed by atoms with Crippen molar-refractivity contribution in [1.82, 2.24) is 19.9 Å². The number of primary amides is 2. The third-order valence-corrected chi connectivity index (χ3v) is 5.74. The second-order valence-electron chi connectivity index (χ2n) is 7.73. The van der Waals surface area contributed by atoms with Gasteiger partial charge in [0.05, 0.1) is 27.5 Å². The lowest BCUT2D eigenvalue weighted by Crippen LogP contribution is -2.13. The largest absolute Gasteiger partial charge is 0.364 e. The van der Waals surface area contributed by atoms with E-state index in [0.29, 0.717) is 43.9 Å². The van der Waals surface area contributed by atoms with Gasteiger partial charge in [-0.15, -0.1) is 0 Å². The summed E-state index contributed by atoms with van der Waals surface area (Å²) in [6.45, 7) is 0. The van der Waals surface area contributed by atoms with Crippen LogP contribution in [-0.2, 0) is 0 Å². The van der Waals surface area contributed by atoms with Crippen molar-refractivity contribution in [2.75, 3.05) is 0 Å². The van der Waals surface area contributed by atoms with Crippen molar-refractivity contribution < 1.29 is 9.59 Å². The van der Waals surface area contributed by atoms with E-state index in [-0.39, 0.29) is 16.8 Å². The fourth-order valence-corrected chi connectivity index (χ4v) is 4.13. The molecule has 5 N–H and O–H groups in total. The smallest absolute Gasteiger partial charge is 0.267 e. The molecule has 0 saturated heterocycles. The number of fused-ring (bicyclic) bond motifs is 7. The first-order valence-electron chi connectivity index (χ1n) is 10.0. The fourth-order valence-electron chi connectivity index (χ4n) is 4.13. The summed E-state index contributed by atoms with van der Waals surface area (Å²) < 4.78 is 0. The van der Waals surface area contributed by atoms with Crippen LogP contribution in [0.1, 0.15) is 21.0 Å². The SMILES string of the molecule is NC(=O)c1ccc2ccc3cc4c(=O)c5ccc6ccc(C(N)=O)nc6c5[nH]c4nc3c2n1. The number of nitrogens with two attached hydrogens (primary N) is 2. The predicted octanol–water partition coefficient (Wildman–Crippen LogP) is 2.52. The highest BCUT2D eigenvalue weighted by Gasteiger charge is 2.15. The van der Waals surface area contributed by atoms with E-state index >= 15 is 0 Å². The van der Waals surface area contributed by atoms with Crippen molar-refractivity contribution in [2.24, 2.45) is 11.5 Å². The first-order valence-corrected chi connectivity index (χ1v) is 10.0. The minimum Gasteiger partial charge on any atom is -0.364 e. The molecule has 0 aliphatic carbocycles. The van der Waals surface area contributed by atoms with Crippen LogP contribution in [0.2, 0.25) is 0 Å². The molecule has 0 saturated carbocycles. The van der Waals surface area contributed by atoms with Gasteiger partial charge >= 0.3 is 0 Å². The Kier molecular flexibility index (Phi) is 3.73. The van der Waals surface area contributed by atoms with Crippen molar-refractivity contribution in [2.45, 2.75) is 0 Å². The molecule has 9 nitrogen and oxygen atoms in total. The number of hydrogen-bond acceptors (Lipinski definition) is 6. The molecule has 0 atom stereocenters. The summed E-state index contributed by atoms with van der Waals surface area (Å²) in [5.41, 5.74) is 13.0. The van der Waals surface area contributed by atoms with Gasteiger partial charge in [0.2, 0.25) is 0 Å².